The SMILES string of the molecule is O=Cc1ccnc(N2CCC(C(=O)N3N=CCC3c3ccccc3)CC2)n1. The predicted octanol–water partition coefficient (Wildman–Crippen LogP) is 2.46. The number of hydrazone groups is 1. The highest BCUT2D eigenvalue weighted by Crippen LogP contribution is 2.32. The first-order valence-electron chi connectivity index (χ1n) is 9.20. The summed E-state index contributed by atoms with van der Waals surface area (Å²) in [7, 11) is 0. The average Bonchev–Trinajstić information content (AvgIpc) is 3.24. The molecule has 0 spiro atoms. The lowest BCUT2D eigenvalue weighted by atomic mass is 9.94. The molecule has 1 aromatic carbocycles. The number of anilines is 1. The highest BCUT2D eigenvalue weighted by atomic mass is 16.2. The van der Waals surface area contributed by atoms with E-state index in [0.29, 0.717) is 24.7 Å². The van der Waals surface area contributed by atoms with Gasteiger partial charge in [0.2, 0.25) is 11.9 Å². The van der Waals surface area contributed by atoms with Gasteiger partial charge in [-0.05, 0) is 24.5 Å². The maximum absolute atomic E-state index is 13.0. The fraction of sp³-hybridized carbons (Fsp3) is 0.350. The summed E-state index contributed by atoms with van der Waals surface area (Å²) in [5.74, 6) is 0.573. The van der Waals surface area contributed by atoms with E-state index in [1.165, 1.54) is 0 Å². The van der Waals surface area contributed by atoms with E-state index < -0.39 is 0 Å². The van der Waals surface area contributed by atoms with Crippen LogP contribution in [0.3, 0.4) is 0 Å². The number of carbonyl (C=O) groups excluding carboxylic acids is 2. The first-order chi connectivity index (χ1) is 13.3. The molecule has 0 bridgehead atoms. The van der Waals surface area contributed by atoms with E-state index in [9.17, 15) is 9.59 Å². The lowest BCUT2D eigenvalue weighted by Gasteiger charge is -2.33. The first kappa shape index (κ1) is 17.3. The molecule has 27 heavy (non-hydrogen) atoms. The molecule has 0 aliphatic carbocycles. The zero-order valence-electron chi connectivity index (χ0n) is 14.9. The molecule has 1 unspecified atom stereocenters. The van der Waals surface area contributed by atoms with Gasteiger partial charge in [0.25, 0.3) is 0 Å². The molecule has 7 heteroatoms. The first-order valence-corrected chi connectivity index (χ1v) is 9.20. The molecule has 0 N–H and O–H groups in total. The summed E-state index contributed by atoms with van der Waals surface area (Å²) in [6, 6.07) is 11.6. The molecule has 1 atom stereocenters. The van der Waals surface area contributed by atoms with Gasteiger partial charge in [-0.25, -0.2) is 15.0 Å². The van der Waals surface area contributed by atoms with Crippen molar-refractivity contribution >= 4 is 24.4 Å². The number of rotatable bonds is 4. The van der Waals surface area contributed by atoms with Crippen LogP contribution in [0.25, 0.3) is 0 Å². The third-order valence-corrected chi connectivity index (χ3v) is 5.15. The Morgan fingerprint density at radius 3 is 2.63 bits per heavy atom. The zero-order chi connectivity index (χ0) is 18.6. The number of carbonyl (C=O) groups is 2. The van der Waals surface area contributed by atoms with E-state index >= 15 is 0 Å². The molecule has 1 amide bonds. The molecular weight excluding hydrogens is 342 g/mol. The van der Waals surface area contributed by atoms with Gasteiger partial charge in [-0.2, -0.15) is 5.10 Å². The standard InChI is InChI=1S/C20H21N5O2/c26-14-17-6-10-21-20(23-17)24-12-8-16(9-13-24)19(27)25-18(7-11-22-25)15-4-2-1-3-5-15/h1-6,10-11,14,16,18H,7-9,12-13H2. The molecule has 7 nitrogen and oxygen atoms in total. The molecule has 1 fully saturated rings. The Kier molecular flexibility index (Phi) is 4.91. The van der Waals surface area contributed by atoms with Crippen LogP contribution in [-0.2, 0) is 4.79 Å². The molecule has 2 aliphatic rings. The van der Waals surface area contributed by atoms with Crippen molar-refractivity contribution in [2.45, 2.75) is 25.3 Å². The second kappa shape index (κ2) is 7.65. The van der Waals surface area contributed by atoms with Gasteiger partial charge in [-0.1, -0.05) is 30.3 Å². The van der Waals surface area contributed by atoms with Gasteiger partial charge in [0.1, 0.15) is 5.69 Å². The highest BCUT2D eigenvalue weighted by molar-refractivity contribution is 5.82. The molecule has 1 saturated heterocycles. The molecule has 0 radical (unpaired) electrons. The number of amides is 1. The normalized spacial score (nSPS) is 20.1. The quantitative estimate of drug-likeness (QED) is 0.780. The Balaban J connectivity index is 1.41. The second-order valence-corrected chi connectivity index (χ2v) is 6.80. The van der Waals surface area contributed by atoms with Crippen LogP contribution in [0.1, 0.15) is 41.4 Å². The summed E-state index contributed by atoms with van der Waals surface area (Å²) in [6.07, 6.45) is 6.33. The summed E-state index contributed by atoms with van der Waals surface area (Å²) in [6.45, 7) is 1.37. The minimum Gasteiger partial charge on any atom is -0.341 e. The van der Waals surface area contributed by atoms with E-state index in [4.69, 9.17) is 0 Å². The molecule has 0 saturated carbocycles. The molecule has 1 aromatic heterocycles. The van der Waals surface area contributed by atoms with Crippen molar-refractivity contribution in [3.8, 4) is 0 Å². The summed E-state index contributed by atoms with van der Waals surface area (Å²) < 4.78 is 0. The minimum absolute atomic E-state index is 0.00987. The van der Waals surface area contributed by atoms with Crippen molar-refractivity contribution in [2.24, 2.45) is 11.0 Å². The monoisotopic (exact) mass is 363 g/mol. The van der Waals surface area contributed by atoms with Crippen LogP contribution >= 0.6 is 0 Å². The van der Waals surface area contributed by atoms with E-state index in [1.54, 1.807) is 17.3 Å². The molecule has 4 rings (SSSR count). The number of benzene rings is 1. The number of piperidine rings is 1. The summed E-state index contributed by atoms with van der Waals surface area (Å²) in [5.41, 5.74) is 1.48. The highest BCUT2D eigenvalue weighted by Gasteiger charge is 2.35. The van der Waals surface area contributed by atoms with E-state index in [1.807, 2.05) is 41.4 Å². The van der Waals surface area contributed by atoms with Crippen LogP contribution in [0.15, 0.2) is 47.7 Å². The van der Waals surface area contributed by atoms with Crippen molar-refractivity contribution in [1.82, 2.24) is 15.0 Å². The van der Waals surface area contributed by atoms with Crippen molar-refractivity contribution < 1.29 is 9.59 Å². The number of nitrogens with zero attached hydrogens (tertiary/aromatic N) is 5. The van der Waals surface area contributed by atoms with Crippen LogP contribution in [0, 0.1) is 5.92 Å². The topological polar surface area (TPSA) is 78.8 Å². The third-order valence-electron chi connectivity index (χ3n) is 5.15. The van der Waals surface area contributed by atoms with Gasteiger partial charge >= 0.3 is 0 Å². The minimum atomic E-state index is -0.0584. The van der Waals surface area contributed by atoms with E-state index in [-0.39, 0.29) is 17.9 Å². The van der Waals surface area contributed by atoms with E-state index in [0.717, 1.165) is 31.1 Å². The van der Waals surface area contributed by atoms with E-state index in [2.05, 4.69) is 15.1 Å². The van der Waals surface area contributed by atoms with Gasteiger partial charge in [-0.15, -0.1) is 0 Å². The maximum atomic E-state index is 13.0. The smallest absolute Gasteiger partial charge is 0.246 e. The van der Waals surface area contributed by atoms with Crippen molar-refractivity contribution in [3.05, 3.63) is 53.9 Å². The summed E-state index contributed by atoms with van der Waals surface area (Å²) >= 11 is 0. The largest absolute Gasteiger partial charge is 0.341 e. The molecule has 2 aliphatic heterocycles. The van der Waals surface area contributed by atoms with Gasteiger partial charge < -0.3 is 4.90 Å². The van der Waals surface area contributed by atoms with Gasteiger partial charge in [0, 0.05) is 37.8 Å². The van der Waals surface area contributed by atoms with Gasteiger partial charge in [0.15, 0.2) is 6.29 Å². The summed E-state index contributed by atoms with van der Waals surface area (Å²) in [4.78, 5) is 34.5. The second-order valence-electron chi connectivity index (χ2n) is 6.80. The lowest BCUT2D eigenvalue weighted by Crippen LogP contribution is -2.41. The zero-order valence-corrected chi connectivity index (χ0v) is 14.9. The number of aromatic nitrogens is 2. The Labute approximate surface area is 157 Å². The molecular formula is C20H21N5O2. The Hall–Kier alpha value is -3.09. The third kappa shape index (κ3) is 3.58. The Morgan fingerprint density at radius 1 is 1.11 bits per heavy atom. The van der Waals surface area contributed by atoms with Crippen molar-refractivity contribution in [1.29, 1.82) is 0 Å². The Bertz CT molecular complexity index is 846. The van der Waals surface area contributed by atoms with Gasteiger partial charge in [-0.3, -0.25) is 9.59 Å². The van der Waals surface area contributed by atoms with Crippen LogP contribution in [0.5, 0.6) is 0 Å². The lowest BCUT2D eigenvalue weighted by molar-refractivity contribution is -0.138. The number of hydrogen-bond acceptors (Lipinski definition) is 6. The fourth-order valence-corrected chi connectivity index (χ4v) is 3.67. The maximum Gasteiger partial charge on any atom is 0.246 e. The molecule has 2 aromatic rings. The molecule has 3 heterocycles. The van der Waals surface area contributed by atoms with Crippen LogP contribution in [-0.4, -0.2) is 46.5 Å². The number of aldehydes is 1. The fourth-order valence-electron chi connectivity index (χ4n) is 3.67. The van der Waals surface area contributed by atoms with Crippen LogP contribution in [0.2, 0.25) is 0 Å². The van der Waals surface area contributed by atoms with Gasteiger partial charge in [0.05, 0.1) is 6.04 Å². The average molecular weight is 363 g/mol. The predicted molar refractivity (Wildman–Crippen MR) is 101 cm³/mol. The van der Waals surface area contributed by atoms with Crippen LogP contribution in [0.4, 0.5) is 5.95 Å². The van der Waals surface area contributed by atoms with Crippen LogP contribution < -0.4 is 4.90 Å². The summed E-state index contributed by atoms with van der Waals surface area (Å²) in [5, 5.41) is 6.00. The number of hydrogen-bond donors (Lipinski definition) is 0. The van der Waals surface area contributed by atoms with Crippen molar-refractivity contribution in [2.75, 3.05) is 18.0 Å². The van der Waals surface area contributed by atoms with Crippen molar-refractivity contribution in [3.63, 3.8) is 0 Å². The Morgan fingerprint density at radius 2 is 1.89 bits per heavy atom. The molecule has 138 valence electrons.